The summed E-state index contributed by atoms with van der Waals surface area (Å²) in [5.74, 6) is -2.97. The molecule has 0 fully saturated rings. The van der Waals surface area contributed by atoms with E-state index < -0.39 is 101 Å². The van der Waals surface area contributed by atoms with Crippen LogP contribution in [0.3, 0.4) is 0 Å². The maximum absolute atomic E-state index is 13.9. The number of nitrogens with one attached hydrogen (secondary N) is 3. The molecule has 4 aromatic rings. The fourth-order valence-electron chi connectivity index (χ4n) is 5.26. The Morgan fingerprint density at radius 1 is 0.678 bits per heavy atom. The van der Waals surface area contributed by atoms with Crippen molar-refractivity contribution in [2.45, 2.75) is 9.79 Å². The number of nitrogens with zero attached hydrogens (tertiary/aromatic N) is 5. The smallest absolute Gasteiger partial charge is 0.296 e. The first-order chi connectivity index (χ1) is 27.7. The van der Waals surface area contributed by atoms with Crippen LogP contribution in [0.5, 0.6) is 0 Å². The van der Waals surface area contributed by atoms with Gasteiger partial charge in [-0.15, -0.1) is 10.2 Å². The normalized spacial score (nSPS) is 16.0. The number of hydrogen-bond donors (Lipinski definition) is 7. The van der Waals surface area contributed by atoms with Crippen LogP contribution in [0, 0.1) is 10.1 Å². The van der Waals surface area contributed by atoms with E-state index in [0.717, 1.165) is 24.3 Å². The molecule has 0 saturated carbocycles. The number of aliphatic hydroxyl groups excluding tert-OH is 1. The SMILES string of the molecule is O=C1C=C(O)C(N=Nc2cc(S(=O)(=O)O)cc3c2C(=O)/C(=N\Nc2ccc([N+](=O)[O-])cc2)C(S(=O)(=O)O)=C3)=C/C1=N/Nc1ccc(Nc2ccccc2)c(S(=O)(=O)O)c1. The number of nitro benzene ring substituents is 1. The van der Waals surface area contributed by atoms with Gasteiger partial charge in [-0.2, -0.15) is 35.5 Å². The molecular weight excluding hydrogens is 841 g/mol. The second-order valence-corrected chi connectivity index (χ2v) is 16.2. The summed E-state index contributed by atoms with van der Waals surface area (Å²) in [6, 6.07) is 17.9. The monoisotopic (exact) mass is 864 g/mol. The van der Waals surface area contributed by atoms with Crippen LogP contribution in [0.1, 0.15) is 15.9 Å². The number of allylic oxidation sites excluding steroid dienone is 3. The van der Waals surface area contributed by atoms with E-state index >= 15 is 0 Å². The van der Waals surface area contributed by atoms with Crippen LogP contribution >= 0.6 is 0 Å². The van der Waals surface area contributed by atoms with E-state index in [0.29, 0.717) is 30.0 Å². The summed E-state index contributed by atoms with van der Waals surface area (Å²) in [6.45, 7) is 0. The molecule has 0 atom stereocenters. The first-order valence-corrected chi connectivity index (χ1v) is 20.3. The van der Waals surface area contributed by atoms with Crippen molar-refractivity contribution in [1.82, 2.24) is 0 Å². The minimum Gasteiger partial charge on any atom is -0.505 e. The Labute approximate surface area is 332 Å². The highest BCUT2D eigenvalue weighted by molar-refractivity contribution is 7.91. The Morgan fingerprint density at radius 3 is 1.97 bits per heavy atom. The number of non-ortho nitro benzene ring substituents is 1. The van der Waals surface area contributed by atoms with Crippen LogP contribution in [0.25, 0.3) is 6.08 Å². The third-order valence-corrected chi connectivity index (χ3v) is 10.6. The number of anilines is 4. The number of hydrazone groups is 2. The fraction of sp³-hybridized carbons (Fsp3) is 0. The Morgan fingerprint density at radius 2 is 1.34 bits per heavy atom. The molecule has 6 rings (SSSR count). The van der Waals surface area contributed by atoms with Gasteiger partial charge in [0.15, 0.2) is 5.71 Å². The second-order valence-electron chi connectivity index (χ2n) is 12.0. The van der Waals surface area contributed by atoms with Crippen molar-refractivity contribution in [3.8, 4) is 0 Å². The maximum Gasteiger partial charge on any atom is 0.296 e. The zero-order chi connectivity index (χ0) is 42.9. The van der Waals surface area contributed by atoms with Crippen molar-refractivity contribution in [3.63, 3.8) is 0 Å². The summed E-state index contributed by atoms with van der Waals surface area (Å²) < 4.78 is 103. The standard InChI is InChI=1S/C34H24N8O14S3/c43-28-17-29(44)26(16-25(28)38-37-21-8-11-24(30(14-21)58(51,52)53)35-19-4-2-1-3-5-19)39-40-27-15-23(57(48,49)50)12-18-13-31(59(54,55)56)33(34(45)32(18)27)41-36-20-6-9-22(10-7-20)42(46)47/h1-17,35-37,44H,(H,48,49,50)(H,51,52,53)(H,54,55,56)/b38-25-,40-39?,41-33-. The second kappa shape index (κ2) is 15.9. The van der Waals surface area contributed by atoms with Crippen LogP contribution in [-0.2, 0) is 35.1 Å². The number of azo groups is 1. The number of carbonyl (C=O) groups is 2. The molecule has 0 spiro atoms. The van der Waals surface area contributed by atoms with Gasteiger partial charge in [0.1, 0.15) is 27.0 Å². The first kappa shape index (κ1) is 41.3. The van der Waals surface area contributed by atoms with Crippen LogP contribution in [0.15, 0.2) is 144 Å². The predicted molar refractivity (Wildman–Crippen MR) is 210 cm³/mol. The number of fused-ring (bicyclic) bond motifs is 1. The molecule has 0 radical (unpaired) electrons. The van der Waals surface area contributed by atoms with Gasteiger partial charge in [-0.1, -0.05) is 18.2 Å². The van der Waals surface area contributed by atoms with Crippen molar-refractivity contribution in [2.75, 3.05) is 16.2 Å². The van der Waals surface area contributed by atoms with Gasteiger partial charge < -0.3 is 10.4 Å². The quantitative estimate of drug-likeness (QED) is 0.0317. The molecule has 302 valence electrons. The highest BCUT2D eigenvalue weighted by Gasteiger charge is 2.36. The lowest BCUT2D eigenvalue weighted by molar-refractivity contribution is -0.384. The average Bonchev–Trinajstić information content (AvgIpc) is 3.16. The molecular formula is C34H24N8O14S3. The number of carbonyl (C=O) groups excluding carboxylic acids is 2. The first-order valence-electron chi connectivity index (χ1n) is 16.0. The van der Waals surface area contributed by atoms with Crippen LogP contribution in [0.2, 0.25) is 0 Å². The van der Waals surface area contributed by atoms with E-state index in [-0.39, 0.29) is 22.7 Å². The lowest BCUT2D eigenvalue weighted by Crippen LogP contribution is -2.27. The zero-order valence-electron chi connectivity index (χ0n) is 29.1. The van der Waals surface area contributed by atoms with E-state index in [1.165, 1.54) is 24.3 Å². The zero-order valence-corrected chi connectivity index (χ0v) is 31.6. The van der Waals surface area contributed by atoms with Gasteiger partial charge in [0.05, 0.1) is 38.1 Å². The van der Waals surface area contributed by atoms with E-state index in [1.54, 1.807) is 30.3 Å². The number of Topliss-reactive ketones (excluding diaryl/α,β-unsaturated/α-hetero) is 1. The highest BCUT2D eigenvalue weighted by Crippen LogP contribution is 2.36. The molecule has 0 saturated heterocycles. The van der Waals surface area contributed by atoms with Gasteiger partial charge in [0.2, 0.25) is 11.6 Å². The van der Waals surface area contributed by atoms with E-state index in [1.807, 2.05) is 0 Å². The number of benzene rings is 4. The summed E-state index contributed by atoms with van der Waals surface area (Å²) in [5, 5.41) is 39.7. The molecule has 0 bridgehead atoms. The van der Waals surface area contributed by atoms with Crippen molar-refractivity contribution in [3.05, 3.63) is 135 Å². The summed E-state index contributed by atoms with van der Waals surface area (Å²) in [7, 11) is -15.1. The molecule has 59 heavy (non-hydrogen) atoms. The number of nitro groups is 1. The Balaban J connectivity index is 1.36. The van der Waals surface area contributed by atoms with Gasteiger partial charge in [-0.05, 0) is 66.2 Å². The van der Waals surface area contributed by atoms with Crippen molar-refractivity contribution in [2.24, 2.45) is 20.4 Å². The average molecular weight is 865 g/mol. The molecule has 25 heteroatoms. The summed E-state index contributed by atoms with van der Waals surface area (Å²) in [6.07, 6.45) is 2.21. The molecule has 0 amide bonds. The molecule has 7 N–H and O–H groups in total. The maximum atomic E-state index is 13.9. The molecule has 0 heterocycles. The molecule has 0 aliphatic heterocycles. The number of para-hydroxylation sites is 1. The molecule has 0 unspecified atom stereocenters. The third kappa shape index (κ3) is 9.47. The molecule has 4 aromatic carbocycles. The highest BCUT2D eigenvalue weighted by atomic mass is 32.2. The van der Waals surface area contributed by atoms with Crippen LogP contribution in [0.4, 0.5) is 34.1 Å². The predicted octanol–water partition coefficient (Wildman–Crippen LogP) is 5.19. The Bertz CT molecular complexity index is 3000. The molecule has 2 aliphatic rings. The topological polar surface area (TPSA) is 346 Å². The molecule has 22 nitrogen and oxygen atoms in total. The van der Waals surface area contributed by atoms with E-state index in [2.05, 4.69) is 36.6 Å². The number of aliphatic hydroxyl groups is 1. The van der Waals surface area contributed by atoms with Crippen molar-refractivity contribution in [1.29, 1.82) is 0 Å². The van der Waals surface area contributed by atoms with Crippen molar-refractivity contribution >= 4 is 93.5 Å². The Kier molecular flexibility index (Phi) is 11.2. The van der Waals surface area contributed by atoms with Gasteiger partial charge >= 0.3 is 0 Å². The lowest BCUT2D eigenvalue weighted by Gasteiger charge is -2.18. The Hall–Kier alpha value is -7.29. The number of hydrogen-bond acceptors (Lipinski definition) is 18. The third-order valence-electron chi connectivity index (χ3n) is 7.97. The minimum atomic E-state index is -5.26. The van der Waals surface area contributed by atoms with Gasteiger partial charge in [0.25, 0.3) is 36.0 Å². The number of ketones is 2. The number of rotatable bonds is 12. The van der Waals surface area contributed by atoms with Gasteiger partial charge in [-0.3, -0.25) is 44.2 Å². The van der Waals surface area contributed by atoms with Gasteiger partial charge in [-0.25, -0.2) is 0 Å². The van der Waals surface area contributed by atoms with E-state index in [9.17, 15) is 63.7 Å². The minimum absolute atomic E-state index is 0.00341. The summed E-state index contributed by atoms with van der Waals surface area (Å²) in [5.41, 5.74) is 1.34. The summed E-state index contributed by atoms with van der Waals surface area (Å²) in [4.78, 5) is 34.3. The summed E-state index contributed by atoms with van der Waals surface area (Å²) >= 11 is 0. The van der Waals surface area contributed by atoms with Crippen LogP contribution < -0.4 is 16.2 Å². The molecule has 2 aliphatic carbocycles. The molecule has 0 aromatic heterocycles. The lowest BCUT2D eigenvalue weighted by atomic mass is 9.93. The van der Waals surface area contributed by atoms with E-state index in [4.69, 9.17) is 0 Å². The van der Waals surface area contributed by atoms with Crippen LogP contribution in [-0.4, -0.2) is 71.9 Å². The van der Waals surface area contributed by atoms with Crippen molar-refractivity contribution < 1.29 is 58.5 Å². The fourth-order valence-corrected chi connectivity index (χ4v) is 7.13. The largest absolute Gasteiger partial charge is 0.505 e. The van der Waals surface area contributed by atoms with Gasteiger partial charge in [0, 0.05) is 30.0 Å².